The fourth-order valence-electron chi connectivity index (χ4n) is 2.50. The minimum atomic E-state index is -0.351. The number of carbonyl (C=O) groups excluding carboxylic acids is 2. The molecule has 2 aromatic carbocycles. The van der Waals surface area contributed by atoms with Crippen LogP contribution in [0.15, 0.2) is 42.5 Å². The number of nitrogens with zero attached hydrogens (tertiary/aromatic N) is 1. The Hall–Kier alpha value is -2.73. The molecule has 2 amide bonds. The second-order valence-electron chi connectivity index (χ2n) is 6.28. The third-order valence-electron chi connectivity index (χ3n) is 4.03. The Bertz CT molecular complexity index is 809. The molecule has 0 bridgehead atoms. The van der Waals surface area contributed by atoms with Crippen LogP contribution >= 0.6 is 11.6 Å². The number of carbonyl (C=O) groups is 2. The third-order valence-corrected chi connectivity index (χ3v) is 4.27. The van der Waals surface area contributed by atoms with Gasteiger partial charge in [-0.1, -0.05) is 24.9 Å². The summed E-state index contributed by atoms with van der Waals surface area (Å²) in [6.07, 6.45) is 2.04. The van der Waals surface area contributed by atoms with Crippen molar-refractivity contribution in [1.82, 2.24) is 4.90 Å². The van der Waals surface area contributed by atoms with E-state index in [-0.39, 0.29) is 18.4 Å². The van der Waals surface area contributed by atoms with Crippen LogP contribution in [0, 0.1) is 0 Å². The van der Waals surface area contributed by atoms with Crippen LogP contribution in [-0.4, -0.2) is 44.0 Å². The summed E-state index contributed by atoms with van der Waals surface area (Å²) < 4.78 is 10.8. The molecule has 7 heteroatoms. The normalized spacial score (nSPS) is 10.3. The largest absolute Gasteiger partial charge is 0.495 e. The highest BCUT2D eigenvalue weighted by Crippen LogP contribution is 2.27. The lowest BCUT2D eigenvalue weighted by molar-refractivity contribution is -0.116. The molecular formula is C21H25ClN2O4. The van der Waals surface area contributed by atoms with E-state index in [4.69, 9.17) is 21.1 Å². The molecule has 0 aliphatic heterocycles. The Morgan fingerprint density at radius 1 is 1.14 bits per heavy atom. The summed E-state index contributed by atoms with van der Waals surface area (Å²) in [5.41, 5.74) is 0.938. The van der Waals surface area contributed by atoms with Gasteiger partial charge in [0.15, 0.2) is 0 Å². The molecule has 0 aliphatic rings. The van der Waals surface area contributed by atoms with Crippen LogP contribution in [0.1, 0.15) is 30.1 Å². The molecule has 0 fully saturated rings. The van der Waals surface area contributed by atoms with Crippen LogP contribution < -0.4 is 14.8 Å². The van der Waals surface area contributed by atoms with Gasteiger partial charge in [0.2, 0.25) is 5.91 Å². The lowest BCUT2D eigenvalue weighted by atomic mass is 10.2. The van der Waals surface area contributed by atoms with Crippen molar-refractivity contribution in [3.05, 3.63) is 53.1 Å². The van der Waals surface area contributed by atoms with Crippen LogP contribution in [-0.2, 0) is 4.79 Å². The number of rotatable bonds is 9. The van der Waals surface area contributed by atoms with Crippen LogP contribution in [0.4, 0.5) is 5.69 Å². The summed E-state index contributed by atoms with van der Waals surface area (Å²) in [5, 5.41) is 3.19. The number of hydrogen-bond acceptors (Lipinski definition) is 4. The first-order valence-corrected chi connectivity index (χ1v) is 9.44. The van der Waals surface area contributed by atoms with Gasteiger partial charge in [-0.25, -0.2) is 0 Å². The number of unbranched alkanes of at least 4 members (excludes halogenated alkanes) is 1. The van der Waals surface area contributed by atoms with Gasteiger partial charge in [-0.15, -0.1) is 0 Å². The van der Waals surface area contributed by atoms with E-state index in [1.165, 1.54) is 12.0 Å². The zero-order valence-electron chi connectivity index (χ0n) is 16.3. The first-order chi connectivity index (χ1) is 13.4. The molecule has 0 aromatic heterocycles. The molecule has 150 valence electrons. The molecule has 0 saturated heterocycles. The molecule has 0 heterocycles. The molecule has 1 N–H and O–H groups in total. The number of halogens is 1. The number of methoxy groups -OCH3 is 1. The highest BCUT2D eigenvalue weighted by atomic mass is 35.5. The average molecular weight is 405 g/mol. The molecule has 0 radical (unpaired) electrons. The number of likely N-dealkylation sites (N-methyl/N-ethyl adjacent to an activating group) is 1. The second-order valence-corrected chi connectivity index (χ2v) is 6.72. The Kier molecular flexibility index (Phi) is 8.14. The average Bonchev–Trinajstić information content (AvgIpc) is 2.68. The Balaban J connectivity index is 1.94. The van der Waals surface area contributed by atoms with Crippen molar-refractivity contribution in [3.8, 4) is 11.5 Å². The highest BCUT2D eigenvalue weighted by Gasteiger charge is 2.16. The van der Waals surface area contributed by atoms with Crippen LogP contribution in [0.2, 0.25) is 5.02 Å². The predicted octanol–water partition coefficient (Wildman–Crippen LogP) is 4.24. The zero-order valence-corrected chi connectivity index (χ0v) is 17.1. The first-order valence-electron chi connectivity index (χ1n) is 9.06. The van der Waals surface area contributed by atoms with Gasteiger partial charge in [0.1, 0.15) is 11.5 Å². The number of hydrogen-bond donors (Lipinski definition) is 1. The summed E-state index contributed by atoms with van der Waals surface area (Å²) in [4.78, 5) is 26.2. The molecular weight excluding hydrogens is 380 g/mol. The lowest BCUT2D eigenvalue weighted by Gasteiger charge is -2.18. The number of amides is 2. The zero-order chi connectivity index (χ0) is 20.5. The van der Waals surface area contributed by atoms with E-state index in [2.05, 4.69) is 12.2 Å². The molecule has 28 heavy (non-hydrogen) atoms. The first kappa shape index (κ1) is 21.6. The van der Waals surface area contributed by atoms with E-state index in [0.29, 0.717) is 28.6 Å². The standard InChI is InChI=1S/C21H25ClN2O4/c1-4-5-12-28-17-9-6-15(7-10-17)21(26)24(2)14-20(25)23-18-13-16(22)8-11-19(18)27-3/h6-11,13H,4-5,12,14H2,1-3H3,(H,23,25). The van der Waals surface area contributed by atoms with Crippen LogP contribution in [0.5, 0.6) is 11.5 Å². The minimum Gasteiger partial charge on any atom is -0.495 e. The summed E-state index contributed by atoms with van der Waals surface area (Å²) in [5.74, 6) is 0.605. The van der Waals surface area contributed by atoms with E-state index < -0.39 is 0 Å². The third kappa shape index (κ3) is 6.16. The SMILES string of the molecule is CCCCOc1ccc(C(=O)N(C)CC(=O)Nc2cc(Cl)ccc2OC)cc1. The quantitative estimate of drug-likeness (QED) is 0.635. The Labute approximate surface area is 170 Å². The molecule has 0 aliphatic carbocycles. The fourth-order valence-corrected chi connectivity index (χ4v) is 2.68. The van der Waals surface area contributed by atoms with Crippen molar-refractivity contribution in [2.24, 2.45) is 0 Å². The number of nitrogens with one attached hydrogen (secondary N) is 1. The van der Waals surface area contributed by atoms with Crippen LogP contribution in [0.3, 0.4) is 0 Å². The maximum Gasteiger partial charge on any atom is 0.254 e. The molecule has 6 nitrogen and oxygen atoms in total. The topological polar surface area (TPSA) is 67.9 Å². The molecule has 0 saturated carbocycles. The van der Waals surface area contributed by atoms with E-state index in [0.717, 1.165) is 18.6 Å². The molecule has 0 atom stereocenters. The molecule has 2 rings (SSSR count). The van der Waals surface area contributed by atoms with Gasteiger partial charge in [0, 0.05) is 17.6 Å². The number of ether oxygens (including phenoxy) is 2. The summed E-state index contributed by atoms with van der Waals surface area (Å²) in [7, 11) is 3.08. The summed E-state index contributed by atoms with van der Waals surface area (Å²) in [6, 6.07) is 11.8. The van der Waals surface area contributed by atoms with Crippen LogP contribution in [0.25, 0.3) is 0 Å². The van der Waals surface area contributed by atoms with E-state index in [1.807, 2.05) is 0 Å². The van der Waals surface area contributed by atoms with Crippen molar-refractivity contribution >= 4 is 29.1 Å². The van der Waals surface area contributed by atoms with E-state index >= 15 is 0 Å². The predicted molar refractivity (Wildman–Crippen MR) is 110 cm³/mol. The van der Waals surface area contributed by atoms with Crippen molar-refractivity contribution in [2.75, 3.05) is 32.6 Å². The van der Waals surface area contributed by atoms with Gasteiger partial charge in [-0.2, -0.15) is 0 Å². The number of anilines is 1. The maximum atomic E-state index is 12.5. The smallest absolute Gasteiger partial charge is 0.254 e. The van der Waals surface area contributed by atoms with Gasteiger partial charge in [0.05, 0.1) is 25.9 Å². The molecule has 0 spiro atoms. The minimum absolute atomic E-state index is 0.108. The van der Waals surface area contributed by atoms with Gasteiger partial charge in [-0.05, 0) is 48.9 Å². The van der Waals surface area contributed by atoms with Crippen molar-refractivity contribution in [2.45, 2.75) is 19.8 Å². The Morgan fingerprint density at radius 2 is 1.86 bits per heavy atom. The van der Waals surface area contributed by atoms with E-state index in [1.54, 1.807) is 49.5 Å². The van der Waals surface area contributed by atoms with E-state index in [9.17, 15) is 9.59 Å². The van der Waals surface area contributed by atoms with Crippen molar-refractivity contribution in [1.29, 1.82) is 0 Å². The Morgan fingerprint density at radius 3 is 2.50 bits per heavy atom. The summed E-state index contributed by atoms with van der Waals surface area (Å²) >= 11 is 5.96. The fraction of sp³-hybridized carbons (Fsp3) is 0.333. The lowest BCUT2D eigenvalue weighted by Crippen LogP contribution is -2.35. The van der Waals surface area contributed by atoms with Crippen molar-refractivity contribution in [3.63, 3.8) is 0 Å². The number of benzene rings is 2. The van der Waals surface area contributed by atoms with Gasteiger partial charge in [-0.3, -0.25) is 9.59 Å². The van der Waals surface area contributed by atoms with Gasteiger partial charge in [0.25, 0.3) is 5.91 Å². The molecule has 0 unspecified atom stereocenters. The maximum absolute atomic E-state index is 12.5. The van der Waals surface area contributed by atoms with Gasteiger partial charge >= 0.3 is 0 Å². The summed E-state index contributed by atoms with van der Waals surface area (Å²) in [6.45, 7) is 2.64. The molecule has 2 aromatic rings. The van der Waals surface area contributed by atoms with Gasteiger partial charge < -0.3 is 19.7 Å². The monoisotopic (exact) mass is 404 g/mol. The second kappa shape index (κ2) is 10.6. The van der Waals surface area contributed by atoms with Crippen molar-refractivity contribution < 1.29 is 19.1 Å². The highest BCUT2D eigenvalue weighted by molar-refractivity contribution is 6.31.